The number of rotatable bonds is 1. The largest absolute Gasteiger partial charge is 0.398 e. The highest BCUT2D eigenvalue weighted by Crippen LogP contribution is 2.26. The van der Waals surface area contributed by atoms with E-state index in [1.54, 1.807) is 0 Å². The summed E-state index contributed by atoms with van der Waals surface area (Å²) in [6.07, 6.45) is 8.48. The first-order valence-electron chi connectivity index (χ1n) is 8.22. The molecule has 0 fully saturated rings. The molecule has 2 aromatic carbocycles. The molecule has 0 atom stereocenters. The summed E-state index contributed by atoms with van der Waals surface area (Å²) in [5, 5.41) is 0. The first kappa shape index (κ1) is 14.7. The topological polar surface area (TPSA) is 68.8 Å². The number of anilines is 2. The number of aromatic nitrogens is 2. The molecule has 0 unspecified atom stereocenters. The minimum atomic E-state index is 0.782. The molecule has 1 heterocycles. The molecule has 4 heteroatoms. The molecule has 0 saturated heterocycles. The van der Waals surface area contributed by atoms with Crippen LogP contribution in [0.15, 0.2) is 42.5 Å². The number of benzene rings is 2. The van der Waals surface area contributed by atoms with Gasteiger partial charge in [-0.05, 0) is 43.5 Å². The van der Waals surface area contributed by atoms with Crippen molar-refractivity contribution in [1.29, 1.82) is 0 Å². The molecular formula is C20H21N4+. The molecule has 4 nitrogen and oxygen atoms in total. The molecule has 0 amide bonds. The lowest BCUT2D eigenvalue weighted by molar-refractivity contribution is -0.525. The van der Waals surface area contributed by atoms with Gasteiger partial charge in [-0.15, -0.1) is 0 Å². The first-order valence-corrected chi connectivity index (χ1v) is 8.22. The van der Waals surface area contributed by atoms with Crippen molar-refractivity contribution < 1.29 is 4.57 Å². The van der Waals surface area contributed by atoms with Crippen LogP contribution in [0, 0.1) is 13.8 Å². The summed E-state index contributed by atoms with van der Waals surface area (Å²) in [7, 11) is 0. The summed E-state index contributed by atoms with van der Waals surface area (Å²) in [5.41, 5.74) is 21.2. The first-order chi connectivity index (χ1) is 11.5. The summed E-state index contributed by atoms with van der Waals surface area (Å²) in [5.74, 6) is 0. The van der Waals surface area contributed by atoms with Crippen molar-refractivity contribution in [3.05, 3.63) is 53.6 Å². The lowest BCUT2D eigenvalue weighted by atomic mass is 10.1. The summed E-state index contributed by atoms with van der Waals surface area (Å²) >= 11 is 0. The third kappa shape index (κ3) is 2.22. The van der Waals surface area contributed by atoms with E-state index >= 15 is 0 Å². The Balaban J connectivity index is 2.20. The van der Waals surface area contributed by atoms with Crippen LogP contribution < -0.4 is 16.0 Å². The zero-order chi connectivity index (χ0) is 16.8. The zero-order valence-corrected chi connectivity index (χ0v) is 14.0. The highest BCUT2D eigenvalue weighted by Gasteiger charge is 2.23. The summed E-state index contributed by atoms with van der Waals surface area (Å²) in [4.78, 5) is 4.86. The number of nitrogen functional groups attached to an aromatic ring is 2. The molecule has 0 saturated carbocycles. The molecule has 0 radical (unpaired) electrons. The predicted octanol–water partition coefficient (Wildman–Crippen LogP) is 3.65. The highest BCUT2D eigenvalue weighted by molar-refractivity contribution is 5.87. The quantitative estimate of drug-likeness (QED) is 0.409. The Morgan fingerprint density at radius 2 is 1.50 bits per heavy atom. The van der Waals surface area contributed by atoms with E-state index in [-0.39, 0.29) is 0 Å². The van der Waals surface area contributed by atoms with Gasteiger partial charge in [-0.3, -0.25) is 0 Å². The number of hydrogen-bond donors (Lipinski definition) is 2. The number of nitrogens with two attached hydrogens (primary N) is 2. The molecule has 1 aromatic heterocycles. The minimum Gasteiger partial charge on any atom is -0.398 e. The number of hydrogen-bond acceptors (Lipinski definition) is 3. The maximum Gasteiger partial charge on any atom is 0.239 e. The number of allylic oxidation sites excluding steroid dienone is 4. The van der Waals surface area contributed by atoms with Crippen molar-refractivity contribution in [2.75, 3.05) is 11.5 Å². The van der Waals surface area contributed by atoms with Crippen LogP contribution >= 0.6 is 0 Å². The second-order valence-corrected chi connectivity index (χ2v) is 6.47. The van der Waals surface area contributed by atoms with Gasteiger partial charge in [0.25, 0.3) is 0 Å². The van der Waals surface area contributed by atoms with E-state index in [2.05, 4.69) is 34.9 Å². The number of fused-ring (bicyclic) bond motifs is 2. The Kier molecular flexibility index (Phi) is 3.27. The monoisotopic (exact) mass is 317 g/mol. The molecule has 4 rings (SSSR count). The lowest BCUT2D eigenvalue weighted by Gasteiger charge is -2.11. The summed E-state index contributed by atoms with van der Waals surface area (Å²) in [6.45, 7) is 4.03. The van der Waals surface area contributed by atoms with Crippen molar-refractivity contribution in [3.63, 3.8) is 0 Å². The van der Waals surface area contributed by atoms with Crippen LogP contribution in [-0.2, 0) is 0 Å². The number of aryl methyl sites for hydroxylation is 2. The van der Waals surface area contributed by atoms with E-state index in [4.69, 9.17) is 16.5 Å². The Hall–Kier alpha value is -2.88. The van der Waals surface area contributed by atoms with E-state index in [0.717, 1.165) is 57.4 Å². The molecule has 24 heavy (non-hydrogen) atoms. The van der Waals surface area contributed by atoms with Gasteiger partial charge in [0, 0.05) is 36.0 Å². The minimum absolute atomic E-state index is 0.782. The molecule has 1 aliphatic carbocycles. The molecule has 0 aliphatic heterocycles. The van der Waals surface area contributed by atoms with Crippen LogP contribution in [-0.4, -0.2) is 4.98 Å². The standard InChI is InChI=1S/C20H20N4/c1-12-8-17-19(10-15(12)21)24(14-6-4-3-5-7-14)20-11-16(22)13(2)9-18(20)23-17/h3-4,6,8-11H,5,7H2,1-2H3,(H3,21,22)/p+1. The SMILES string of the molecule is Cc1cc2nc3cc(C)c(N)cc3[n+](C3=CC=CCC3)c2cc1N. The van der Waals surface area contributed by atoms with Crippen molar-refractivity contribution in [1.82, 2.24) is 4.98 Å². The fourth-order valence-electron chi connectivity index (χ4n) is 3.28. The van der Waals surface area contributed by atoms with Crippen LogP contribution in [0.5, 0.6) is 0 Å². The van der Waals surface area contributed by atoms with Crippen LogP contribution in [0.25, 0.3) is 27.8 Å². The molecule has 3 aromatic rings. The van der Waals surface area contributed by atoms with Crippen LogP contribution in [0.2, 0.25) is 0 Å². The Bertz CT molecular complexity index is 979. The Labute approximate surface area is 141 Å². The smallest absolute Gasteiger partial charge is 0.239 e. The van der Waals surface area contributed by atoms with Gasteiger partial charge in [0.15, 0.2) is 5.70 Å². The van der Waals surface area contributed by atoms with E-state index in [9.17, 15) is 0 Å². The van der Waals surface area contributed by atoms with Gasteiger partial charge in [-0.2, -0.15) is 4.57 Å². The van der Waals surface area contributed by atoms with Gasteiger partial charge >= 0.3 is 0 Å². The third-order valence-electron chi connectivity index (χ3n) is 4.73. The zero-order valence-electron chi connectivity index (χ0n) is 14.0. The average Bonchev–Trinajstić information content (AvgIpc) is 2.57. The van der Waals surface area contributed by atoms with E-state index in [0.29, 0.717) is 0 Å². The second kappa shape index (κ2) is 5.34. The lowest BCUT2D eigenvalue weighted by Crippen LogP contribution is -2.35. The average molecular weight is 317 g/mol. The Morgan fingerprint density at radius 3 is 2.00 bits per heavy atom. The van der Waals surface area contributed by atoms with Gasteiger partial charge in [0.1, 0.15) is 11.0 Å². The second-order valence-electron chi connectivity index (χ2n) is 6.47. The maximum absolute atomic E-state index is 6.18. The number of nitrogens with zero attached hydrogens (tertiary/aromatic N) is 2. The third-order valence-corrected chi connectivity index (χ3v) is 4.73. The Morgan fingerprint density at radius 1 is 0.917 bits per heavy atom. The molecule has 1 aliphatic rings. The highest BCUT2D eigenvalue weighted by atomic mass is 15.0. The molecular weight excluding hydrogens is 296 g/mol. The van der Waals surface area contributed by atoms with Gasteiger partial charge in [0.05, 0.1) is 0 Å². The molecule has 0 bridgehead atoms. The van der Waals surface area contributed by atoms with E-state index in [1.807, 2.05) is 26.0 Å². The van der Waals surface area contributed by atoms with Crippen LogP contribution in [0.1, 0.15) is 24.0 Å². The van der Waals surface area contributed by atoms with E-state index in [1.165, 1.54) is 5.70 Å². The fourth-order valence-corrected chi connectivity index (χ4v) is 3.28. The summed E-state index contributed by atoms with van der Waals surface area (Å²) < 4.78 is 2.26. The summed E-state index contributed by atoms with van der Waals surface area (Å²) in [6, 6.07) is 8.16. The molecule has 120 valence electrons. The van der Waals surface area contributed by atoms with Crippen molar-refractivity contribution >= 4 is 39.1 Å². The van der Waals surface area contributed by atoms with Gasteiger partial charge in [0.2, 0.25) is 11.0 Å². The van der Waals surface area contributed by atoms with Crippen molar-refractivity contribution in [2.24, 2.45) is 0 Å². The van der Waals surface area contributed by atoms with E-state index < -0.39 is 0 Å². The molecule has 0 spiro atoms. The molecule has 4 N–H and O–H groups in total. The van der Waals surface area contributed by atoms with Gasteiger partial charge in [-0.1, -0.05) is 12.2 Å². The predicted molar refractivity (Wildman–Crippen MR) is 100 cm³/mol. The van der Waals surface area contributed by atoms with Crippen LogP contribution in [0.3, 0.4) is 0 Å². The maximum atomic E-state index is 6.18. The van der Waals surface area contributed by atoms with Crippen molar-refractivity contribution in [3.8, 4) is 0 Å². The van der Waals surface area contributed by atoms with Crippen LogP contribution in [0.4, 0.5) is 11.4 Å². The van der Waals surface area contributed by atoms with Gasteiger partial charge < -0.3 is 11.5 Å². The fraction of sp³-hybridized carbons (Fsp3) is 0.200. The van der Waals surface area contributed by atoms with Gasteiger partial charge in [-0.25, -0.2) is 4.98 Å². The normalized spacial score (nSPS) is 14.3. The van der Waals surface area contributed by atoms with Crippen molar-refractivity contribution in [2.45, 2.75) is 26.7 Å².